The SMILES string of the molecule is C[C@H](C(=O)NCc1ccccc1)[NH+]1CCC(Cc2ccccc2)CC1. The number of carbonyl (C=O) groups is 1. The van der Waals surface area contributed by atoms with Gasteiger partial charge in [0, 0.05) is 6.54 Å². The summed E-state index contributed by atoms with van der Waals surface area (Å²) in [7, 11) is 0. The highest BCUT2D eigenvalue weighted by Gasteiger charge is 2.29. The number of likely N-dealkylation sites (tertiary alicyclic amines) is 1. The first-order valence-electron chi connectivity index (χ1n) is 9.42. The molecule has 0 unspecified atom stereocenters. The lowest BCUT2D eigenvalue weighted by molar-refractivity contribution is -0.920. The molecular formula is C22H29N2O+. The van der Waals surface area contributed by atoms with Crippen LogP contribution in [0.3, 0.4) is 0 Å². The van der Waals surface area contributed by atoms with Crippen molar-refractivity contribution in [2.24, 2.45) is 5.92 Å². The lowest BCUT2D eigenvalue weighted by Crippen LogP contribution is -3.17. The summed E-state index contributed by atoms with van der Waals surface area (Å²) in [5.41, 5.74) is 2.59. The highest BCUT2D eigenvalue weighted by Crippen LogP contribution is 2.16. The molecular weight excluding hydrogens is 308 g/mol. The van der Waals surface area contributed by atoms with Crippen LogP contribution in [0.4, 0.5) is 0 Å². The molecule has 0 radical (unpaired) electrons. The van der Waals surface area contributed by atoms with E-state index >= 15 is 0 Å². The second kappa shape index (κ2) is 8.82. The molecule has 3 heteroatoms. The van der Waals surface area contributed by atoms with Gasteiger partial charge in [-0.2, -0.15) is 0 Å². The van der Waals surface area contributed by atoms with E-state index in [9.17, 15) is 4.79 Å². The third kappa shape index (κ3) is 5.17. The van der Waals surface area contributed by atoms with Gasteiger partial charge < -0.3 is 10.2 Å². The average molecular weight is 337 g/mol. The van der Waals surface area contributed by atoms with Crippen LogP contribution in [0.15, 0.2) is 60.7 Å². The zero-order chi connectivity index (χ0) is 17.5. The summed E-state index contributed by atoms with van der Waals surface area (Å²) >= 11 is 0. The van der Waals surface area contributed by atoms with Gasteiger partial charge >= 0.3 is 0 Å². The first-order chi connectivity index (χ1) is 12.2. The zero-order valence-electron chi connectivity index (χ0n) is 15.1. The Morgan fingerprint density at radius 3 is 2.16 bits per heavy atom. The van der Waals surface area contributed by atoms with Crippen LogP contribution < -0.4 is 10.2 Å². The Morgan fingerprint density at radius 2 is 1.56 bits per heavy atom. The van der Waals surface area contributed by atoms with E-state index in [2.05, 4.69) is 42.6 Å². The molecule has 0 spiro atoms. The van der Waals surface area contributed by atoms with Gasteiger partial charge in [-0.05, 0) is 43.2 Å². The van der Waals surface area contributed by atoms with Crippen molar-refractivity contribution in [1.29, 1.82) is 0 Å². The minimum atomic E-state index is 0.0291. The van der Waals surface area contributed by atoms with Gasteiger partial charge in [-0.1, -0.05) is 60.7 Å². The predicted molar refractivity (Wildman–Crippen MR) is 101 cm³/mol. The largest absolute Gasteiger partial charge is 0.347 e. The molecule has 2 N–H and O–H groups in total. The molecule has 25 heavy (non-hydrogen) atoms. The molecule has 132 valence electrons. The molecule has 1 saturated heterocycles. The second-order valence-corrected chi connectivity index (χ2v) is 7.22. The molecule has 1 atom stereocenters. The van der Waals surface area contributed by atoms with Gasteiger partial charge in [-0.15, -0.1) is 0 Å². The smallest absolute Gasteiger partial charge is 0.278 e. The van der Waals surface area contributed by atoms with Crippen LogP contribution in [0, 0.1) is 5.92 Å². The summed E-state index contributed by atoms with van der Waals surface area (Å²) in [5, 5.41) is 3.09. The summed E-state index contributed by atoms with van der Waals surface area (Å²) in [5.74, 6) is 0.922. The Hall–Kier alpha value is -2.13. The molecule has 2 aromatic carbocycles. The standard InChI is InChI=1S/C22H28N2O/c1-18(22(25)23-17-21-10-6-3-7-11-21)24-14-12-20(13-15-24)16-19-8-4-2-5-9-19/h2-11,18,20H,12-17H2,1H3,(H,23,25)/p+1/t18-/m1/s1. The Bertz CT molecular complexity index is 648. The summed E-state index contributed by atoms with van der Waals surface area (Å²) in [6.45, 7) is 4.87. The number of quaternary nitrogens is 1. The molecule has 1 heterocycles. The molecule has 1 fully saturated rings. The van der Waals surface area contributed by atoms with E-state index < -0.39 is 0 Å². The van der Waals surface area contributed by atoms with Crippen molar-refractivity contribution in [3.8, 4) is 0 Å². The summed E-state index contributed by atoms with van der Waals surface area (Å²) in [6, 6.07) is 20.9. The first-order valence-corrected chi connectivity index (χ1v) is 9.42. The average Bonchev–Trinajstić information content (AvgIpc) is 2.68. The van der Waals surface area contributed by atoms with Crippen LogP contribution in [-0.2, 0) is 17.8 Å². The normalized spacial score (nSPS) is 21.5. The third-order valence-electron chi connectivity index (χ3n) is 5.43. The molecule has 1 aliphatic rings. The van der Waals surface area contributed by atoms with Crippen LogP contribution in [0.5, 0.6) is 0 Å². The van der Waals surface area contributed by atoms with Gasteiger partial charge in [-0.25, -0.2) is 0 Å². The summed E-state index contributed by atoms with van der Waals surface area (Å²) < 4.78 is 0. The number of piperidine rings is 1. The van der Waals surface area contributed by atoms with E-state index in [-0.39, 0.29) is 11.9 Å². The van der Waals surface area contributed by atoms with Crippen LogP contribution in [0.2, 0.25) is 0 Å². The van der Waals surface area contributed by atoms with Crippen LogP contribution >= 0.6 is 0 Å². The summed E-state index contributed by atoms with van der Waals surface area (Å²) in [4.78, 5) is 13.9. The zero-order valence-corrected chi connectivity index (χ0v) is 15.1. The minimum absolute atomic E-state index is 0.0291. The lowest BCUT2D eigenvalue weighted by Gasteiger charge is -2.32. The number of amides is 1. The minimum Gasteiger partial charge on any atom is -0.347 e. The maximum Gasteiger partial charge on any atom is 0.278 e. The van der Waals surface area contributed by atoms with Gasteiger partial charge in [0.2, 0.25) is 0 Å². The number of hydrogen-bond acceptors (Lipinski definition) is 1. The predicted octanol–water partition coefficient (Wildman–Crippen LogP) is 2.23. The number of hydrogen-bond donors (Lipinski definition) is 2. The molecule has 1 amide bonds. The monoisotopic (exact) mass is 337 g/mol. The first kappa shape index (κ1) is 17.7. The highest BCUT2D eigenvalue weighted by molar-refractivity contribution is 5.79. The van der Waals surface area contributed by atoms with Crippen molar-refractivity contribution in [3.63, 3.8) is 0 Å². The number of rotatable bonds is 6. The Kier molecular flexibility index (Phi) is 6.24. The van der Waals surface area contributed by atoms with Gasteiger partial charge in [0.05, 0.1) is 13.1 Å². The van der Waals surface area contributed by atoms with E-state index in [1.54, 1.807) is 0 Å². The van der Waals surface area contributed by atoms with E-state index in [0.717, 1.165) is 24.6 Å². The fraction of sp³-hybridized carbons (Fsp3) is 0.409. The van der Waals surface area contributed by atoms with Crippen molar-refractivity contribution in [3.05, 3.63) is 71.8 Å². The van der Waals surface area contributed by atoms with Crippen LogP contribution in [0.25, 0.3) is 0 Å². The van der Waals surface area contributed by atoms with E-state index in [0.29, 0.717) is 6.54 Å². The maximum absolute atomic E-state index is 12.5. The second-order valence-electron chi connectivity index (χ2n) is 7.22. The van der Waals surface area contributed by atoms with Gasteiger partial charge in [0.25, 0.3) is 5.91 Å². The van der Waals surface area contributed by atoms with Crippen molar-refractivity contribution in [2.75, 3.05) is 13.1 Å². The molecule has 0 bridgehead atoms. The van der Waals surface area contributed by atoms with Crippen molar-refractivity contribution < 1.29 is 9.69 Å². The van der Waals surface area contributed by atoms with Gasteiger partial charge in [0.15, 0.2) is 6.04 Å². The fourth-order valence-electron chi connectivity index (χ4n) is 3.76. The molecule has 3 rings (SSSR count). The Morgan fingerprint density at radius 1 is 1.00 bits per heavy atom. The van der Waals surface area contributed by atoms with E-state index in [4.69, 9.17) is 0 Å². The molecule has 0 aromatic heterocycles. The Labute approximate surface area is 151 Å². The molecule has 3 nitrogen and oxygen atoms in total. The van der Waals surface area contributed by atoms with Crippen LogP contribution in [0.1, 0.15) is 30.9 Å². The lowest BCUT2D eigenvalue weighted by atomic mass is 9.89. The fourth-order valence-corrected chi connectivity index (χ4v) is 3.76. The van der Waals surface area contributed by atoms with Gasteiger partial charge in [-0.3, -0.25) is 4.79 Å². The Balaban J connectivity index is 1.43. The van der Waals surface area contributed by atoms with Gasteiger partial charge in [0.1, 0.15) is 0 Å². The highest BCUT2D eigenvalue weighted by atomic mass is 16.2. The van der Waals surface area contributed by atoms with Crippen LogP contribution in [-0.4, -0.2) is 25.0 Å². The third-order valence-corrected chi connectivity index (χ3v) is 5.43. The molecule has 0 aliphatic carbocycles. The topological polar surface area (TPSA) is 33.5 Å². The van der Waals surface area contributed by atoms with E-state index in [1.165, 1.54) is 29.7 Å². The molecule has 1 aliphatic heterocycles. The van der Waals surface area contributed by atoms with E-state index in [1.807, 2.05) is 30.3 Å². The maximum atomic E-state index is 12.5. The quantitative estimate of drug-likeness (QED) is 0.833. The van der Waals surface area contributed by atoms with Crippen molar-refractivity contribution in [1.82, 2.24) is 5.32 Å². The number of carbonyl (C=O) groups excluding carboxylic acids is 1. The number of nitrogens with one attached hydrogen (secondary N) is 2. The van der Waals surface area contributed by atoms with Crippen molar-refractivity contribution >= 4 is 5.91 Å². The summed E-state index contributed by atoms with van der Waals surface area (Å²) in [6.07, 6.45) is 3.59. The molecule has 2 aromatic rings. The van der Waals surface area contributed by atoms with Crippen molar-refractivity contribution in [2.45, 2.75) is 38.8 Å². The molecule has 0 saturated carbocycles. The number of benzene rings is 2.